The zero-order chi connectivity index (χ0) is 13.5. The van der Waals surface area contributed by atoms with Crippen LogP contribution in [0, 0.1) is 11.3 Å². The van der Waals surface area contributed by atoms with Gasteiger partial charge in [0.1, 0.15) is 11.6 Å². The molecule has 1 saturated carbocycles. The molecule has 1 aromatic rings. The van der Waals surface area contributed by atoms with Crippen molar-refractivity contribution in [3.63, 3.8) is 0 Å². The van der Waals surface area contributed by atoms with Gasteiger partial charge in [-0.05, 0) is 24.1 Å². The van der Waals surface area contributed by atoms with Crippen molar-refractivity contribution in [3.05, 3.63) is 33.8 Å². The van der Waals surface area contributed by atoms with Gasteiger partial charge in [0.25, 0.3) is 0 Å². The van der Waals surface area contributed by atoms with Crippen LogP contribution < -0.4 is 0 Å². The second-order valence-electron chi connectivity index (χ2n) is 5.35. The van der Waals surface area contributed by atoms with Gasteiger partial charge in [-0.2, -0.15) is 0 Å². The van der Waals surface area contributed by atoms with Crippen molar-refractivity contribution < 1.29 is 9.59 Å². The minimum atomic E-state index is -0.600. The average Bonchev–Trinajstić information content (AvgIpc) is 2.45. The maximum absolute atomic E-state index is 12.2. The van der Waals surface area contributed by atoms with Gasteiger partial charge in [0.2, 0.25) is 0 Å². The van der Waals surface area contributed by atoms with E-state index in [0.29, 0.717) is 28.5 Å². The number of rotatable bonds is 2. The van der Waals surface area contributed by atoms with Crippen LogP contribution >= 0.6 is 23.2 Å². The lowest BCUT2D eigenvalue weighted by Crippen LogP contribution is -2.24. The highest BCUT2D eigenvalue weighted by molar-refractivity contribution is 6.36. The van der Waals surface area contributed by atoms with Crippen LogP contribution in [0.2, 0.25) is 10.0 Å². The van der Waals surface area contributed by atoms with Crippen LogP contribution in [0.25, 0.3) is 0 Å². The Morgan fingerprint density at radius 1 is 1.22 bits per heavy atom. The first kappa shape index (κ1) is 13.6. The molecule has 0 radical (unpaired) electrons. The number of ketones is 2. The predicted molar refractivity (Wildman–Crippen MR) is 72.1 cm³/mol. The summed E-state index contributed by atoms with van der Waals surface area (Å²) in [5.74, 6) is -0.623. The molecule has 1 aliphatic rings. The van der Waals surface area contributed by atoms with Crippen LogP contribution in [-0.2, 0) is 16.0 Å². The molecule has 0 aromatic heterocycles. The summed E-state index contributed by atoms with van der Waals surface area (Å²) in [4.78, 5) is 24.1. The molecule has 1 aromatic carbocycles. The molecule has 4 heteroatoms. The van der Waals surface area contributed by atoms with E-state index in [1.54, 1.807) is 32.0 Å². The number of carbonyl (C=O) groups is 2. The fourth-order valence-electron chi connectivity index (χ4n) is 2.40. The Kier molecular flexibility index (Phi) is 3.52. The summed E-state index contributed by atoms with van der Waals surface area (Å²) in [6, 6.07) is 5.19. The summed E-state index contributed by atoms with van der Waals surface area (Å²) < 4.78 is 0. The molecule has 0 N–H and O–H groups in total. The van der Waals surface area contributed by atoms with Gasteiger partial charge in [0.05, 0.1) is 5.92 Å². The largest absolute Gasteiger partial charge is 0.299 e. The summed E-state index contributed by atoms with van der Waals surface area (Å²) in [6.07, 6.45) is 0.609. The van der Waals surface area contributed by atoms with E-state index >= 15 is 0 Å². The van der Waals surface area contributed by atoms with E-state index in [0.717, 1.165) is 0 Å². The molecule has 1 fully saturated rings. The smallest absolute Gasteiger partial charge is 0.149 e. The van der Waals surface area contributed by atoms with Gasteiger partial charge in [0.15, 0.2) is 0 Å². The maximum Gasteiger partial charge on any atom is 0.149 e. The van der Waals surface area contributed by atoms with Crippen molar-refractivity contribution >= 4 is 34.8 Å². The Morgan fingerprint density at radius 2 is 1.78 bits per heavy atom. The molecule has 1 aliphatic carbocycles. The van der Waals surface area contributed by atoms with E-state index in [1.807, 2.05) is 0 Å². The highest BCUT2D eigenvalue weighted by Crippen LogP contribution is 2.38. The molecule has 2 nitrogen and oxygen atoms in total. The van der Waals surface area contributed by atoms with Gasteiger partial charge in [-0.1, -0.05) is 43.1 Å². The minimum Gasteiger partial charge on any atom is -0.299 e. The fourth-order valence-corrected chi connectivity index (χ4v) is 2.95. The summed E-state index contributed by atoms with van der Waals surface area (Å²) in [5, 5.41) is 1.01. The third-order valence-corrected chi connectivity index (χ3v) is 4.17. The molecule has 96 valence electrons. The molecular weight excluding hydrogens is 271 g/mol. The molecule has 0 amide bonds. The Bertz CT molecular complexity index is 500. The first-order valence-electron chi connectivity index (χ1n) is 5.83. The van der Waals surface area contributed by atoms with Crippen LogP contribution in [0.5, 0.6) is 0 Å². The molecule has 2 rings (SSSR count). The predicted octanol–water partition coefficient (Wildman–Crippen LogP) is 3.72. The molecule has 18 heavy (non-hydrogen) atoms. The highest BCUT2D eigenvalue weighted by Gasteiger charge is 2.46. The molecule has 1 unspecified atom stereocenters. The van der Waals surface area contributed by atoms with Gasteiger partial charge in [0, 0.05) is 21.9 Å². The number of Topliss-reactive ketones (excluding diaryl/α,β-unsaturated/α-hetero) is 2. The van der Waals surface area contributed by atoms with Crippen molar-refractivity contribution in [2.45, 2.75) is 26.7 Å². The summed E-state index contributed by atoms with van der Waals surface area (Å²) in [6.45, 7) is 3.61. The van der Waals surface area contributed by atoms with Crippen LogP contribution in [0.4, 0.5) is 0 Å². The van der Waals surface area contributed by atoms with Crippen LogP contribution in [0.3, 0.4) is 0 Å². The number of hydrogen-bond acceptors (Lipinski definition) is 2. The van der Waals surface area contributed by atoms with E-state index in [1.165, 1.54) is 0 Å². The van der Waals surface area contributed by atoms with E-state index in [4.69, 9.17) is 23.2 Å². The molecule has 0 saturated heterocycles. The van der Waals surface area contributed by atoms with E-state index in [-0.39, 0.29) is 11.6 Å². The van der Waals surface area contributed by atoms with Crippen LogP contribution in [0.15, 0.2) is 18.2 Å². The van der Waals surface area contributed by atoms with Crippen LogP contribution in [-0.4, -0.2) is 11.6 Å². The van der Waals surface area contributed by atoms with E-state index in [2.05, 4.69) is 0 Å². The zero-order valence-electron chi connectivity index (χ0n) is 10.3. The lowest BCUT2D eigenvalue weighted by atomic mass is 9.87. The summed E-state index contributed by atoms with van der Waals surface area (Å²) in [7, 11) is 0. The SMILES string of the molecule is CC1(C)CC(=O)C(Cc2c(Cl)cccc2Cl)C1=O. The van der Waals surface area contributed by atoms with Gasteiger partial charge >= 0.3 is 0 Å². The van der Waals surface area contributed by atoms with Gasteiger partial charge in [-0.25, -0.2) is 0 Å². The van der Waals surface area contributed by atoms with Crippen LogP contribution in [0.1, 0.15) is 25.8 Å². The van der Waals surface area contributed by atoms with Crippen molar-refractivity contribution in [3.8, 4) is 0 Å². The lowest BCUT2D eigenvalue weighted by molar-refractivity contribution is -0.129. The Balaban J connectivity index is 2.30. The van der Waals surface area contributed by atoms with E-state index < -0.39 is 11.3 Å². The maximum atomic E-state index is 12.2. The van der Waals surface area contributed by atoms with Crippen molar-refractivity contribution in [1.82, 2.24) is 0 Å². The molecule has 0 heterocycles. The zero-order valence-corrected chi connectivity index (χ0v) is 11.8. The van der Waals surface area contributed by atoms with Gasteiger partial charge in [-0.15, -0.1) is 0 Å². The number of carbonyl (C=O) groups excluding carboxylic acids is 2. The first-order valence-corrected chi connectivity index (χ1v) is 6.58. The second-order valence-corrected chi connectivity index (χ2v) is 6.16. The summed E-state index contributed by atoms with van der Waals surface area (Å²) in [5.41, 5.74) is 0.125. The molecule has 0 aliphatic heterocycles. The van der Waals surface area contributed by atoms with Gasteiger partial charge < -0.3 is 0 Å². The lowest BCUT2D eigenvalue weighted by Gasteiger charge is -2.15. The highest BCUT2D eigenvalue weighted by atomic mass is 35.5. The quantitative estimate of drug-likeness (QED) is 0.776. The Labute approximate surface area is 116 Å². The Hall–Kier alpha value is -0.860. The van der Waals surface area contributed by atoms with Crippen molar-refractivity contribution in [1.29, 1.82) is 0 Å². The van der Waals surface area contributed by atoms with E-state index in [9.17, 15) is 9.59 Å². The first-order chi connectivity index (χ1) is 8.33. The number of halogens is 2. The fraction of sp³-hybridized carbons (Fsp3) is 0.429. The third-order valence-electron chi connectivity index (χ3n) is 3.46. The second kappa shape index (κ2) is 4.67. The molecule has 0 bridgehead atoms. The molecular formula is C14H14Cl2O2. The minimum absolute atomic E-state index is 0.0107. The number of benzene rings is 1. The average molecular weight is 285 g/mol. The topological polar surface area (TPSA) is 34.1 Å². The van der Waals surface area contributed by atoms with Crippen molar-refractivity contribution in [2.24, 2.45) is 11.3 Å². The standard InChI is InChI=1S/C14H14Cl2O2/c1-14(2)7-12(17)9(13(14)18)6-8-10(15)4-3-5-11(8)16/h3-5,9H,6-7H2,1-2H3. The number of hydrogen-bond donors (Lipinski definition) is 0. The third kappa shape index (κ3) is 2.32. The summed E-state index contributed by atoms with van der Waals surface area (Å²) >= 11 is 12.1. The Morgan fingerprint density at radius 3 is 2.22 bits per heavy atom. The van der Waals surface area contributed by atoms with Gasteiger partial charge in [-0.3, -0.25) is 9.59 Å². The normalized spacial score (nSPS) is 22.6. The molecule has 1 atom stereocenters. The monoisotopic (exact) mass is 284 g/mol. The molecule has 0 spiro atoms. The van der Waals surface area contributed by atoms with Crippen molar-refractivity contribution in [2.75, 3.05) is 0 Å².